The summed E-state index contributed by atoms with van der Waals surface area (Å²) in [4.78, 5) is 18.2. The molecule has 4 aliphatic heterocycles. The zero-order chi connectivity index (χ0) is 18.5. The average Bonchev–Trinajstić information content (AvgIpc) is 3.33. The number of hydrogen-bond donors (Lipinski definition) is 0. The number of rotatable bonds is 3. The van der Waals surface area contributed by atoms with Crippen LogP contribution in [0.4, 0.5) is 0 Å². The summed E-state index contributed by atoms with van der Waals surface area (Å²) < 4.78 is 7.41. The highest BCUT2D eigenvalue weighted by molar-refractivity contribution is 5.93. The van der Waals surface area contributed by atoms with Crippen LogP contribution >= 0.6 is 0 Å². The van der Waals surface area contributed by atoms with Gasteiger partial charge in [0.15, 0.2) is 0 Å². The van der Waals surface area contributed by atoms with Crippen LogP contribution < -0.4 is 4.74 Å². The average molecular weight is 365 g/mol. The SMILES string of the molecule is COc1cccc([C@H]2CN(C(=O)c3cccn3C)[C@@H]3C4CCN(CC4)[C@H]23)c1. The minimum absolute atomic E-state index is 0.177. The van der Waals surface area contributed by atoms with Crippen LogP contribution in [0.3, 0.4) is 0 Å². The van der Waals surface area contributed by atoms with Crippen LogP contribution in [0.1, 0.15) is 34.8 Å². The van der Waals surface area contributed by atoms with Crippen LogP contribution in [0, 0.1) is 5.92 Å². The van der Waals surface area contributed by atoms with Gasteiger partial charge < -0.3 is 14.2 Å². The maximum Gasteiger partial charge on any atom is 0.270 e. The summed E-state index contributed by atoms with van der Waals surface area (Å²) in [5, 5.41) is 0. The van der Waals surface area contributed by atoms with Gasteiger partial charge in [-0.05, 0) is 61.7 Å². The fourth-order valence-corrected chi connectivity index (χ4v) is 5.65. The molecule has 1 aromatic carbocycles. The molecule has 0 unspecified atom stereocenters. The second-order valence-corrected chi connectivity index (χ2v) is 8.20. The Labute approximate surface area is 160 Å². The van der Waals surface area contributed by atoms with Gasteiger partial charge >= 0.3 is 0 Å². The topological polar surface area (TPSA) is 37.7 Å². The number of nitrogens with zero attached hydrogens (tertiary/aromatic N) is 3. The monoisotopic (exact) mass is 365 g/mol. The molecule has 27 heavy (non-hydrogen) atoms. The van der Waals surface area contributed by atoms with Crippen molar-refractivity contribution >= 4 is 5.91 Å². The first-order chi connectivity index (χ1) is 13.2. The highest BCUT2D eigenvalue weighted by Gasteiger charge is 2.54. The highest BCUT2D eigenvalue weighted by Crippen LogP contribution is 2.47. The first-order valence-corrected chi connectivity index (χ1v) is 9.97. The van der Waals surface area contributed by atoms with Crippen molar-refractivity contribution in [2.24, 2.45) is 13.0 Å². The predicted octanol–water partition coefficient (Wildman–Crippen LogP) is 2.74. The van der Waals surface area contributed by atoms with E-state index in [4.69, 9.17) is 4.74 Å². The number of likely N-dealkylation sites (tertiary alicyclic amines) is 1. The molecule has 3 atom stereocenters. The van der Waals surface area contributed by atoms with E-state index in [1.807, 2.05) is 36.0 Å². The fraction of sp³-hybridized carbons (Fsp3) is 0.500. The molecule has 0 spiro atoms. The number of amides is 1. The Kier molecular flexibility index (Phi) is 4.01. The molecule has 4 fully saturated rings. The lowest BCUT2D eigenvalue weighted by atomic mass is 9.75. The molecule has 0 saturated carbocycles. The third-order valence-corrected chi connectivity index (χ3v) is 6.94. The van der Waals surface area contributed by atoms with Gasteiger partial charge in [0.2, 0.25) is 0 Å². The Bertz CT molecular complexity index is 853. The number of ether oxygens (including phenoxy) is 1. The van der Waals surface area contributed by atoms with E-state index >= 15 is 0 Å². The van der Waals surface area contributed by atoms with E-state index in [1.165, 1.54) is 31.5 Å². The third-order valence-electron chi connectivity index (χ3n) is 6.94. The molecule has 2 bridgehead atoms. The number of carbonyl (C=O) groups excluding carboxylic acids is 1. The molecular formula is C22H27N3O2. The van der Waals surface area contributed by atoms with Crippen molar-refractivity contribution in [2.75, 3.05) is 26.7 Å². The quantitative estimate of drug-likeness (QED) is 0.839. The minimum atomic E-state index is 0.177. The molecule has 1 aromatic heterocycles. The molecule has 6 rings (SSSR count). The predicted molar refractivity (Wildman–Crippen MR) is 104 cm³/mol. The number of carbonyl (C=O) groups is 1. The lowest BCUT2D eigenvalue weighted by molar-refractivity contribution is -0.00369. The number of hydrogen-bond acceptors (Lipinski definition) is 3. The van der Waals surface area contributed by atoms with Crippen molar-refractivity contribution < 1.29 is 9.53 Å². The maximum atomic E-state index is 13.4. The number of aromatic nitrogens is 1. The zero-order valence-electron chi connectivity index (χ0n) is 16.0. The van der Waals surface area contributed by atoms with Crippen LogP contribution in [0.5, 0.6) is 5.75 Å². The Morgan fingerprint density at radius 1 is 1.11 bits per heavy atom. The Morgan fingerprint density at radius 2 is 1.93 bits per heavy atom. The molecule has 5 heteroatoms. The van der Waals surface area contributed by atoms with Gasteiger partial charge in [0.1, 0.15) is 11.4 Å². The molecule has 4 aliphatic rings. The summed E-state index contributed by atoms with van der Waals surface area (Å²) >= 11 is 0. The maximum absolute atomic E-state index is 13.4. The first-order valence-electron chi connectivity index (χ1n) is 9.97. The van der Waals surface area contributed by atoms with Crippen molar-refractivity contribution in [1.29, 1.82) is 0 Å². The van der Waals surface area contributed by atoms with E-state index in [0.717, 1.165) is 18.0 Å². The lowest BCUT2D eigenvalue weighted by Crippen LogP contribution is -2.60. The number of methoxy groups -OCH3 is 1. The Balaban J connectivity index is 1.54. The summed E-state index contributed by atoms with van der Waals surface area (Å²) in [6.07, 6.45) is 4.38. The number of aryl methyl sites for hydroxylation is 1. The Hall–Kier alpha value is -2.27. The molecule has 1 amide bonds. The van der Waals surface area contributed by atoms with Gasteiger partial charge in [-0.3, -0.25) is 9.69 Å². The van der Waals surface area contributed by atoms with Crippen molar-refractivity contribution in [3.05, 3.63) is 53.9 Å². The zero-order valence-corrected chi connectivity index (χ0v) is 16.0. The fourth-order valence-electron chi connectivity index (χ4n) is 5.65. The van der Waals surface area contributed by atoms with Crippen molar-refractivity contribution in [1.82, 2.24) is 14.4 Å². The van der Waals surface area contributed by atoms with Crippen LogP contribution in [0.25, 0.3) is 0 Å². The largest absolute Gasteiger partial charge is 0.497 e. The molecule has 5 nitrogen and oxygen atoms in total. The lowest BCUT2D eigenvalue weighted by Gasteiger charge is -2.51. The number of piperidine rings is 3. The summed E-state index contributed by atoms with van der Waals surface area (Å²) in [6.45, 7) is 3.12. The van der Waals surface area contributed by atoms with E-state index in [2.05, 4.69) is 28.0 Å². The van der Waals surface area contributed by atoms with Crippen LogP contribution in [0.15, 0.2) is 42.6 Å². The normalized spacial score (nSPS) is 31.8. The molecule has 5 heterocycles. The highest BCUT2D eigenvalue weighted by atomic mass is 16.5. The van der Waals surface area contributed by atoms with E-state index in [0.29, 0.717) is 23.9 Å². The molecule has 4 saturated heterocycles. The number of benzene rings is 1. The van der Waals surface area contributed by atoms with Crippen molar-refractivity contribution in [3.63, 3.8) is 0 Å². The molecule has 142 valence electrons. The van der Waals surface area contributed by atoms with Crippen molar-refractivity contribution in [2.45, 2.75) is 30.8 Å². The molecule has 2 aromatic rings. The standard InChI is InChI=1S/C22H27N3O2/c1-23-10-4-7-19(23)22(26)25-14-18(16-5-3-6-17(13-16)27-2)21-20(25)15-8-11-24(21)12-9-15/h3-7,10,13,15,18,20-21H,8-9,11-12,14H2,1-2H3/t18-,20-,21-/m1/s1. The smallest absolute Gasteiger partial charge is 0.270 e. The van der Waals surface area contributed by atoms with E-state index in [1.54, 1.807) is 7.11 Å². The Morgan fingerprint density at radius 3 is 2.63 bits per heavy atom. The van der Waals surface area contributed by atoms with E-state index < -0.39 is 0 Å². The van der Waals surface area contributed by atoms with E-state index in [-0.39, 0.29) is 5.91 Å². The van der Waals surface area contributed by atoms with Crippen molar-refractivity contribution in [3.8, 4) is 5.75 Å². The third kappa shape index (κ3) is 2.59. The van der Waals surface area contributed by atoms with Gasteiger partial charge in [0.25, 0.3) is 5.91 Å². The van der Waals surface area contributed by atoms with Gasteiger partial charge in [0, 0.05) is 31.7 Å². The van der Waals surface area contributed by atoms with Gasteiger partial charge in [0.05, 0.1) is 13.2 Å². The van der Waals surface area contributed by atoms with Crippen LogP contribution in [-0.4, -0.2) is 59.1 Å². The summed E-state index contributed by atoms with van der Waals surface area (Å²) in [5.74, 6) is 2.04. The second-order valence-electron chi connectivity index (χ2n) is 8.20. The van der Waals surface area contributed by atoms with E-state index in [9.17, 15) is 4.79 Å². The van der Waals surface area contributed by atoms with Crippen LogP contribution in [-0.2, 0) is 7.05 Å². The molecule has 0 aliphatic carbocycles. The molecule has 0 N–H and O–H groups in total. The van der Waals surface area contributed by atoms with Gasteiger partial charge in [-0.1, -0.05) is 12.1 Å². The number of fused-ring (bicyclic) bond motifs is 2. The summed E-state index contributed by atoms with van der Waals surface area (Å²) in [6, 6.07) is 13.1. The second kappa shape index (κ2) is 6.41. The summed E-state index contributed by atoms with van der Waals surface area (Å²) in [5.41, 5.74) is 2.08. The van der Waals surface area contributed by atoms with Gasteiger partial charge in [-0.2, -0.15) is 0 Å². The molecular weight excluding hydrogens is 338 g/mol. The molecule has 0 radical (unpaired) electrons. The first kappa shape index (κ1) is 16.9. The van der Waals surface area contributed by atoms with Gasteiger partial charge in [-0.25, -0.2) is 0 Å². The minimum Gasteiger partial charge on any atom is -0.497 e. The van der Waals surface area contributed by atoms with Gasteiger partial charge in [-0.15, -0.1) is 0 Å². The van der Waals surface area contributed by atoms with Crippen LogP contribution in [0.2, 0.25) is 0 Å². The summed E-state index contributed by atoms with van der Waals surface area (Å²) in [7, 11) is 3.67.